The van der Waals surface area contributed by atoms with Gasteiger partial charge in [-0.15, -0.1) is 11.3 Å². The van der Waals surface area contributed by atoms with Crippen molar-refractivity contribution in [1.29, 1.82) is 0 Å². The summed E-state index contributed by atoms with van der Waals surface area (Å²) in [6, 6.07) is 25.1. The monoisotopic (exact) mass is 581 g/mol. The first-order valence-electron chi connectivity index (χ1n) is 11.8. The number of nitrogens with one attached hydrogen (secondary N) is 1. The van der Waals surface area contributed by atoms with Gasteiger partial charge in [0.05, 0.1) is 21.8 Å². The zero-order valence-electron chi connectivity index (χ0n) is 20.4. The Morgan fingerprint density at radius 2 is 1.62 bits per heavy atom. The highest BCUT2D eigenvalue weighted by Crippen LogP contribution is 2.37. The predicted molar refractivity (Wildman–Crippen MR) is 147 cm³/mol. The number of esters is 1. The van der Waals surface area contributed by atoms with Gasteiger partial charge in [-0.05, 0) is 41.8 Å². The number of amides is 1. The van der Waals surface area contributed by atoms with Gasteiger partial charge in [0, 0.05) is 16.7 Å². The minimum absolute atomic E-state index is 0.0332. The number of ether oxygens (including phenoxy) is 1. The molecule has 3 aromatic carbocycles. The van der Waals surface area contributed by atoms with E-state index >= 15 is 0 Å². The van der Waals surface area contributed by atoms with E-state index < -0.39 is 35.4 Å². The number of nitrogens with zero attached hydrogens (tertiary/aromatic N) is 2. The van der Waals surface area contributed by atoms with Gasteiger partial charge in [-0.1, -0.05) is 66.2 Å². The van der Waals surface area contributed by atoms with Crippen LogP contribution in [0.2, 0.25) is 5.02 Å². The Morgan fingerprint density at radius 1 is 0.925 bits per heavy atom. The van der Waals surface area contributed by atoms with Crippen molar-refractivity contribution < 1.29 is 27.5 Å². The Hall–Kier alpha value is -4.41. The zero-order chi connectivity index (χ0) is 28.3. The highest BCUT2D eigenvalue weighted by atomic mass is 35.5. The molecule has 40 heavy (non-hydrogen) atoms. The third-order valence-corrected chi connectivity index (χ3v) is 6.93. The number of thiophene rings is 1. The lowest BCUT2D eigenvalue weighted by molar-refractivity contribution is -0.137. The van der Waals surface area contributed by atoms with E-state index in [4.69, 9.17) is 16.3 Å². The van der Waals surface area contributed by atoms with Crippen LogP contribution in [0.3, 0.4) is 0 Å². The van der Waals surface area contributed by atoms with Crippen LogP contribution in [0.15, 0.2) is 102 Å². The van der Waals surface area contributed by atoms with Crippen molar-refractivity contribution in [3.63, 3.8) is 0 Å². The second-order valence-corrected chi connectivity index (χ2v) is 9.90. The summed E-state index contributed by atoms with van der Waals surface area (Å²) in [6.07, 6.45) is -6.36. The molecule has 1 N–H and O–H groups in total. The average Bonchev–Trinajstić information content (AvgIpc) is 3.64. The lowest BCUT2D eigenvalue weighted by atomic mass is 10.1. The van der Waals surface area contributed by atoms with Crippen LogP contribution in [0.25, 0.3) is 16.3 Å². The zero-order valence-corrected chi connectivity index (χ0v) is 22.0. The maximum absolute atomic E-state index is 13.7. The first-order valence-corrected chi connectivity index (χ1v) is 13.1. The lowest BCUT2D eigenvalue weighted by Crippen LogP contribution is -2.27. The molecule has 1 atom stereocenters. The summed E-state index contributed by atoms with van der Waals surface area (Å²) in [4.78, 5) is 27.8. The van der Waals surface area contributed by atoms with Gasteiger partial charge in [0.2, 0.25) is 6.10 Å². The second-order valence-electron chi connectivity index (χ2n) is 8.51. The number of hydrogen-bond donors (Lipinski definition) is 1. The quantitative estimate of drug-likeness (QED) is 0.199. The Kier molecular flexibility index (Phi) is 7.72. The number of halogens is 4. The summed E-state index contributed by atoms with van der Waals surface area (Å²) in [5.74, 6) is -1.87. The van der Waals surface area contributed by atoms with Crippen LogP contribution in [-0.2, 0) is 15.7 Å². The molecule has 0 saturated carbocycles. The molecule has 5 rings (SSSR count). The van der Waals surface area contributed by atoms with Crippen molar-refractivity contribution in [1.82, 2.24) is 9.78 Å². The van der Waals surface area contributed by atoms with Crippen molar-refractivity contribution in [3.8, 4) is 16.3 Å². The molecular formula is C29H19ClF3N3O3S. The smallest absolute Gasteiger partial charge is 0.418 e. The van der Waals surface area contributed by atoms with Gasteiger partial charge < -0.3 is 10.1 Å². The minimum Gasteiger partial charge on any atom is -0.443 e. The van der Waals surface area contributed by atoms with Gasteiger partial charge in [-0.3, -0.25) is 4.79 Å². The normalized spacial score (nSPS) is 12.1. The molecule has 1 unspecified atom stereocenters. The number of rotatable bonds is 7. The van der Waals surface area contributed by atoms with Gasteiger partial charge in [0.15, 0.2) is 5.69 Å². The second kappa shape index (κ2) is 11.4. The summed E-state index contributed by atoms with van der Waals surface area (Å²) in [5, 5.41) is 8.56. The molecule has 0 aliphatic carbocycles. The van der Waals surface area contributed by atoms with Crippen LogP contribution in [0, 0.1) is 0 Å². The topological polar surface area (TPSA) is 73.2 Å². The summed E-state index contributed by atoms with van der Waals surface area (Å²) in [5.41, 5.74) is -0.259. The first kappa shape index (κ1) is 27.2. The molecule has 0 saturated heterocycles. The molecule has 0 fully saturated rings. The molecule has 2 heterocycles. The van der Waals surface area contributed by atoms with E-state index in [1.165, 1.54) is 34.2 Å². The van der Waals surface area contributed by atoms with Crippen molar-refractivity contribution in [2.45, 2.75) is 12.3 Å². The largest absolute Gasteiger partial charge is 0.443 e. The van der Waals surface area contributed by atoms with E-state index in [-0.39, 0.29) is 16.3 Å². The van der Waals surface area contributed by atoms with Crippen LogP contribution >= 0.6 is 22.9 Å². The Bertz CT molecular complexity index is 1640. The summed E-state index contributed by atoms with van der Waals surface area (Å²) in [6.45, 7) is 0. The standard InChI is InChI=1S/C29H19ClF3N3O3S/c30-19-13-14-22(21(16-19)29(31,32)33)34-27(37)26(18-8-3-1-4-9-18)39-28(38)24-17-23(25-12-7-15-40-25)35-36(24)20-10-5-2-6-11-20/h1-17,26H,(H,34,37). The summed E-state index contributed by atoms with van der Waals surface area (Å²) < 4.78 is 48.0. The van der Waals surface area contributed by atoms with E-state index in [9.17, 15) is 22.8 Å². The fourth-order valence-electron chi connectivity index (χ4n) is 3.96. The molecule has 2 aromatic heterocycles. The minimum atomic E-state index is -4.78. The van der Waals surface area contributed by atoms with Gasteiger partial charge in [-0.25, -0.2) is 9.48 Å². The van der Waals surface area contributed by atoms with Crippen molar-refractivity contribution in [2.75, 3.05) is 5.32 Å². The van der Waals surface area contributed by atoms with Gasteiger partial charge in [0.25, 0.3) is 5.91 Å². The third kappa shape index (κ3) is 5.93. The van der Waals surface area contributed by atoms with Crippen LogP contribution in [-0.4, -0.2) is 21.7 Å². The number of benzene rings is 3. The molecule has 6 nitrogen and oxygen atoms in total. The maximum atomic E-state index is 13.7. The molecule has 0 spiro atoms. The highest BCUT2D eigenvalue weighted by molar-refractivity contribution is 7.13. The Balaban J connectivity index is 1.51. The number of aromatic nitrogens is 2. The van der Waals surface area contributed by atoms with Crippen molar-refractivity contribution in [2.24, 2.45) is 0 Å². The Morgan fingerprint density at radius 3 is 2.27 bits per heavy atom. The Labute approximate surface area is 235 Å². The molecule has 0 bridgehead atoms. The molecule has 11 heteroatoms. The number of carbonyl (C=O) groups excluding carboxylic acids is 2. The lowest BCUT2D eigenvalue weighted by Gasteiger charge is -2.20. The number of hydrogen-bond acceptors (Lipinski definition) is 5. The fraction of sp³-hybridized carbons (Fsp3) is 0.0690. The molecule has 0 radical (unpaired) electrons. The molecule has 0 aliphatic rings. The third-order valence-electron chi connectivity index (χ3n) is 5.80. The summed E-state index contributed by atoms with van der Waals surface area (Å²) >= 11 is 7.20. The molecular weight excluding hydrogens is 563 g/mol. The molecule has 0 aliphatic heterocycles. The van der Waals surface area contributed by atoms with Gasteiger partial charge in [0.1, 0.15) is 5.69 Å². The van der Waals surface area contributed by atoms with Crippen molar-refractivity contribution >= 4 is 40.5 Å². The van der Waals surface area contributed by atoms with E-state index in [0.717, 1.165) is 10.9 Å². The SMILES string of the molecule is O=C(OC(C(=O)Nc1ccc(Cl)cc1C(F)(F)F)c1ccccc1)c1cc(-c2cccs2)nn1-c1ccccc1. The highest BCUT2D eigenvalue weighted by Gasteiger charge is 2.36. The maximum Gasteiger partial charge on any atom is 0.418 e. The molecule has 1 amide bonds. The number of alkyl halides is 3. The summed E-state index contributed by atoms with van der Waals surface area (Å²) in [7, 11) is 0. The molecule has 202 valence electrons. The van der Waals surface area contributed by atoms with Crippen LogP contribution in [0.1, 0.15) is 27.7 Å². The fourth-order valence-corrected chi connectivity index (χ4v) is 4.82. The number of anilines is 1. The van der Waals surface area contributed by atoms with Gasteiger partial charge >= 0.3 is 12.1 Å². The van der Waals surface area contributed by atoms with E-state index in [1.54, 1.807) is 48.5 Å². The first-order chi connectivity index (χ1) is 19.2. The van der Waals surface area contributed by atoms with E-state index in [0.29, 0.717) is 17.4 Å². The number of para-hydroxylation sites is 1. The van der Waals surface area contributed by atoms with Crippen LogP contribution in [0.4, 0.5) is 18.9 Å². The average molecular weight is 582 g/mol. The van der Waals surface area contributed by atoms with Crippen LogP contribution in [0.5, 0.6) is 0 Å². The molecule has 5 aromatic rings. The van der Waals surface area contributed by atoms with E-state index in [1.807, 2.05) is 23.6 Å². The van der Waals surface area contributed by atoms with Crippen LogP contribution < -0.4 is 5.32 Å². The number of carbonyl (C=O) groups is 2. The van der Waals surface area contributed by atoms with Crippen molar-refractivity contribution in [3.05, 3.63) is 124 Å². The predicted octanol–water partition coefficient (Wildman–Crippen LogP) is 7.81. The van der Waals surface area contributed by atoms with Gasteiger partial charge in [-0.2, -0.15) is 18.3 Å². The van der Waals surface area contributed by atoms with E-state index in [2.05, 4.69) is 10.4 Å².